The molecule has 0 aliphatic carbocycles. The van der Waals surface area contributed by atoms with E-state index in [1.165, 1.54) is 0 Å². The maximum absolute atomic E-state index is 11.2. The molecule has 0 bridgehead atoms. The molecular formula is C11H16O4. The summed E-state index contributed by atoms with van der Waals surface area (Å²) in [7, 11) is 0. The Kier molecular flexibility index (Phi) is 2.78. The van der Waals surface area contributed by atoms with Gasteiger partial charge in [0.2, 0.25) is 0 Å². The minimum absolute atomic E-state index is 0.0628. The zero-order valence-electron chi connectivity index (χ0n) is 8.95. The Bertz CT molecular complexity index is 262. The Morgan fingerprint density at radius 1 is 1.13 bits per heavy atom. The van der Waals surface area contributed by atoms with Gasteiger partial charge in [0.15, 0.2) is 0 Å². The van der Waals surface area contributed by atoms with Gasteiger partial charge in [0.05, 0.1) is 0 Å². The summed E-state index contributed by atoms with van der Waals surface area (Å²) in [6.45, 7) is 3.61. The van der Waals surface area contributed by atoms with Crippen LogP contribution in [0, 0.1) is 11.3 Å². The maximum Gasteiger partial charge on any atom is 0.313 e. The number of hydrogen-bond donors (Lipinski definition) is 0. The molecule has 2 fully saturated rings. The van der Waals surface area contributed by atoms with Gasteiger partial charge < -0.3 is 9.47 Å². The normalized spacial score (nSPS) is 27.5. The predicted octanol–water partition coefficient (Wildman–Crippen LogP) is 1.28. The highest BCUT2D eigenvalue weighted by molar-refractivity contribution is 5.88. The molecule has 0 aromatic heterocycles. The number of esters is 2. The van der Waals surface area contributed by atoms with Crippen molar-refractivity contribution >= 4 is 11.9 Å². The Balaban J connectivity index is 2.07. The summed E-state index contributed by atoms with van der Waals surface area (Å²) in [4.78, 5) is 22.4. The van der Waals surface area contributed by atoms with Gasteiger partial charge in [-0.3, -0.25) is 9.59 Å². The smallest absolute Gasteiger partial charge is 0.313 e. The minimum Gasteiger partial charge on any atom is -0.393 e. The molecule has 0 aromatic carbocycles. The zero-order valence-corrected chi connectivity index (χ0v) is 8.95. The van der Waals surface area contributed by atoms with Crippen molar-refractivity contribution in [3.05, 3.63) is 0 Å². The van der Waals surface area contributed by atoms with E-state index in [0.29, 0.717) is 12.8 Å². The van der Waals surface area contributed by atoms with Gasteiger partial charge in [-0.1, -0.05) is 6.92 Å². The summed E-state index contributed by atoms with van der Waals surface area (Å²) >= 11 is 0. The Morgan fingerprint density at radius 3 is 2.20 bits per heavy atom. The van der Waals surface area contributed by atoms with Gasteiger partial charge in [0, 0.05) is 26.1 Å². The van der Waals surface area contributed by atoms with Gasteiger partial charge in [-0.25, -0.2) is 0 Å². The van der Waals surface area contributed by atoms with Crippen molar-refractivity contribution in [2.24, 2.45) is 11.3 Å². The van der Waals surface area contributed by atoms with E-state index in [9.17, 15) is 9.59 Å². The third-order valence-corrected chi connectivity index (χ3v) is 3.67. The van der Waals surface area contributed by atoms with Gasteiger partial charge in [-0.15, -0.1) is 0 Å². The van der Waals surface area contributed by atoms with E-state index in [1.807, 2.05) is 0 Å². The van der Waals surface area contributed by atoms with Crippen molar-refractivity contribution < 1.29 is 19.1 Å². The standard InChI is InChI=1S/C11H16O4/c1-11(2-4-14-5-3-11)8-6-9(12)15-10(13)7-8/h8H,2-7H2,1H3. The molecule has 84 valence electrons. The first-order valence-electron chi connectivity index (χ1n) is 5.41. The Labute approximate surface area is 88.9 Å². The summed E-state index contributed by atoms with van der Waals surface area (Å²) in [5.41, 5.74) is 0.0628. The maximum atomic E-state index is 11.2. The van der Waals surface area contributed by atoms with Crippen molar-refractivity contribution in [3.8, 4) is 0 Å². The first kappa shape index (κ1) is 10.6. The summed E-state index contributed by atoms with van der Waals surface area (Å²) in [6.07, 6.45) is 2.61. The van der Waals surface area contributed by atoms with Crippen LogP contribution < -0.4 is 0 Å². The minimum atomic E-state index is -0.371. The van der Waals surface area contributed by atoms with Crippen molar-refractivity contribution in [1.29, 1.82) is 0 Å². The van der Waals surface area contributed by atoms with Crippen molar-refractivity contribution in [1.82, 2.24) is 0 Å². The molecule has 0 N–H and O–H groups in total. The van der Waals surface area contributed by atoms with Gasteiger partial charge >= 0.3 is 11.9 Å². The molecule has 0 amide bonds. The fraction of sp³-hybridized carbons (Fsp3) is 0.818. The molecule has 0 aromatic rings. The number of carbonyl (C=O) groups excluding carboxylic acids is 2. The molecule has 0 spiro atoms. The lowest BCUT2D eigenvalue weighted by molar-refractivity contribution is -0.169. The third kappa shape index (κ3) is 2.20. The van der Waals surface area contributed by atoms with Crippen LogP contribution in [-0.2, 0) is 19.1 Å². The average Bonchev–Trinajstić information content (AvgIpc) is 2.17. The van der Waals surface area contributed by atoms with Crippen LogP contribution in [0.15, 0.2) is 0 Å². The molecule has 4 nitrogen and oxygen atoms in total. The summed E-state index contributed by atoms with van der Waals surface area (Å²) in [6, 6.07) is 0. The molecule has 2 aliphatic heterocycles. The second kappa shape index (κ2) is 3.93. The van der Waals surface area contributed by atoms with Gasteiger partial charge in [0.25, 0.3) is 0 Å². The van der Waals surface area contributed by atoms with Gasteiger partial charge in [0.1, 0.15) is 0 Å². The van der Waals surface area contributed by atoms with E-state index in [1.54, 1.807) is 0 Å². The van der Waals surface area contributed by atoms with Crippen molar-refractivity contribution in [2.45, 2.75) is 32.6 Å². The molecule has 0 radical (unpaired) electrons. The lowest BCUT2D eigenvalue weighted by Crippen LogP contribution is -2.40. The van der Waals surface area contributed by atoms with Crippen molar-refractivity contribution in [3.63, 3.8) is 0 Å². The number of hydrogen-bond acceptors (Lipinski definition) is 4. The van der Waals surface area contributed by atoms with E-state index >= 15 is 0 Å². The summed E-state index contributed by atoms with van der Waals surface area (Å²) < 4.78 is 9.85. The SMILES string of the molecule is CC1(C2CC(=O)OC(=O)C2)CCOCC1. The first-order chi connectivity index (χ1) is 7.10. The molecule has 0 atom stereocenters. The van der Waals surface area contributed by atoms with Crippen LogP contribution in [-0.4, -0.2) is 25.2 Å². The Hall–Kier alpha value is -0.900. The van der Waals surface area contributed by atoms with Crippen LogP contribution in [0.4, 0.5) is 0 Å². The van der Waals surface area contributed by atoms with E-state index in [-0.39, 0.29) is 23.3 Å². The monoisotopic (exact) mass is 212 g/mol. The lowest BCUT2D eigenvalue weighted by Gasteiger charge is -2.41. The molecule has 2 saturated heterocycles. The second-order valence-corrected chi connectivity index (χ2v) is 4.72. The van der Waals surface area contributed by atoms with Gasteiger partial charge in [-0.05, 0) is 24.2 Å². The number of rotatable bonds is 1. The molecule has 2 rings (SSSR count). The lowest BCUT2D eigenvalue weighted by atomic mass is 9.68. The summed E-state index contributed by atoms with van der Waals surface area (Å²) in [5.74, 6) is -0.608. The highest BCUT2D eigenvalue weighted by Crippen LogP contribution is 2.42. The van der Waals surface area contributed by atoms with Gasteiger partial charge in [-0.2, -0.15) is 0 Å². The van der Waals surface area contributed by atoms with E-state index in [4.69, 9.17) is 4.74 Å². The largest absolute Gasteiger partial charge is 0.393 e. The topological polar surface area (TPSA) is 52.6 Å². The Morgan fingerprint density at radius 2 is 1.67 bits per heavy atom. The predicted molar refractivity (Wildman–Crippen MR) is 52.0 cm³/mol. The fourth-order valence-electron chi connectivity index (χ4n) is 2.42. The highest BCUT2D eigenvalue weighted by atomic mass is 16.6. The molecular weight excluding hydrogens is 196 g/mol. The number of carbonyl (C=O) groups is 2. The highest BCUT2D eigenvalue weighted by Gasteiger charge is 2.41. The fourth-order valence-corrected chi connectivity index (χ4v) is 2.42. The third-order valence-electron chi connectivity index (χ3n) is 3.67. The summed E-state index contributed by atoms with van der Waals surface area (Å²) in [5, 5.41) is 0. The quantitative estimate of drug-likeness (QED) is 0.485. The second-order valence-electron chi connectivity index (χ2n) is 4.72. The van der Waals surface area contributed by atoms with E-state index in [2.05, 4.69) is 11.7 Å². The van der Waals surface area contributed by atoms with E-state index < -0.39 is 0 Å². The molecule has 4 heteroatoms. The molecule has 2 heterocycles. The first-order valence-corrected chi connectivity index (χ1v) is 5.41. The molecule has 0 unspecified atom stereocenters. The average molecular weight is 212 g/mol. The number of cyclic esters (lactones) is 2. The van der Waals surface area contributed by atoms with Crippen LogP contribution in [0.5, 0.6) is 0 Å². The number of ether oxygens (including phenoxy) is 2. The van der Waals surface area contributed by atoms with Crippen LogP contribution in [0.2, 0.25) is 0 Å². The van der Waals surface area contributed by atoms with Crippen LogP contribution in [0.3, 0.4) is 0 Å². The van der Waals surface area contributed by atoms with Crippen LogP contribution >= 0.6 is 0 Å². The van der Waals surface area contributed by atoms with Crippen LogP contribution in [0.1, 0.15) is 32.6 Å². The molecule has 0 saturated carbocycles. The zero-order chi connectivity index (χ0) is 10.9. The molecule has 2 aliphatic rings. The van der Waals surface area contributed by atoms with Crippen molar-refractivity contribution in [2.75, 3.05) is 13.2 Å². The molecule has 15 heavy (non-hydrogen) atoms. The van der Waals surface area contributed by atoms with E-state index in [0.717, 1.165) is 26.1 Å². The van der Waals surface area contributed by atoms with Crippen LogP contribution in [0.25, 0.3) is 0 Å².